The highest BCUT2D eigenvalue weighted by Gasteiger charge is 2.30. The first kappa shape index (κ1) is 20.7. The normalized spacial score (nSPS) is 21.4. The minimum absolute atomic E-state index is 0.317. The Bertz CT molecular complexity index is 816. The van der Waals surface area contributed by atoms with E-state index in [1.54, 1.807) is 6.92 Å². The molecule has 4 nitrogen and oxygen atoms in total. The number of rotatable bonds is 6. The lowest BCUT2D eigenvalue weighted by atomic mass is 9.72. The number of carbonyl (C=O) groups is 1. The highest BCUT2D eigenvalue weighted by atomic mass is 16.5. The van der Waals surface area contributed by atoms with Crippen molar-refractivity contribution in [2.45, 2.75) is 72.1 Å². The monoisotopic (exact) mass is 383 g/mol. The summed E-state index contributed by atoms with van der Waals surface area (Å²) in [7, 11) is 0. The third kappa shape index (κ3) is 5.26. The lowest BCUT2D eigenvalue weighted by Crippen LogP contribution is -2.33. The number of benzene rings is 2. The van der Waals surface area contributed by atoms with E-state index in [0.717, 1.165) is 40.8 Å². The van der Waals surface area contributed by atoms with Crippen LogP contribution in [0.4, 0.5) is 0 Å². The second-order valence-electron chi connectivity index (χ2n) is 9.24. The van der Waals surface area contributed by atoms with E-state index in [0.29, 0.717) is 18.1 Å². The average Bonchev–Trinajstić information content (AvgIpc) is 2.65. The zero-order valence-electron chi connectivity index (χ0n) is 17.5. The quantitative estimate of drug-likeness (QED) is 0.702. The number of hydrogen-bond donors (Lipinski definition) is 2. The molecule has 0 aliphatic heterocycles. The van der Waals surface area contributed by atoms with E-state index < -0.39 is 12.0 Å². The molecule has 2 N–H and O–H groups in total. The van der Waals surface area contributed by atoms with Crippen LogP contribution in [0, 0.1) is 11.3 Å². The summed E-state index contributed by atoms with van der Waals surface area (Å²) < 4.78 is 6.28. The highest BCUT2D eigenvalue weighted by Crippen LogP contribution is 2.39. The van der Waals surface area contributed by atoms with E-state index in [-0.39, 0.29) is 0 Å². The maximum Gasteiger partial charge on any atom is 0.320 e. The smallest absolute Gasteiger partial charge is 0.320 e. The summed E-state index contributed by atoms with van der Waals surface area (Å²) in [4.78, 5) is 10.9. The van der Waals surface area contributed by atoms with Crippen LogP contribution in [-0.2, 0) is 11.3 Å². The molecule has 152 valence electrons. The van der Waals surface area contributed by atoms with Crippen LogP contribution < -0.4 is 10.1 Å². The molecule has 0 saturated heterocycles. The Kier molecular flexibility index (Phi) is 6.29. The molecule has 28 heavy (non-hydrogen) atoms. The van der Waals surface area contributed by atoms with Crippen molar-refractivity contribution in [3.05, 3.63) is 42.0 Å². The summed E-state index contributed by atoms with van der Waals surface area (Å²) in [5.41, 5.74) is 1.47. The van der Waals surface area contributed by atoms with Gasteiger partial charge in [-0.05, 0) is 78.5 Å². The van der Waals surface area contributed by atoms with Gasteiger partial charge in [-0.15, -0.1) is 0 Å². The van der Waals surface area contributed by atoms with Gasteiger partial charge in [0.15, 0.2) is 0 Å². The summed E-state index contributed by atoms with van der Waals surface area (Å²) in [5.74, 6) is 0.899. The predicted molar refractivity (Wildman–Crippen MR) is 114 cm³/mol. The van der Waals surface area contributed by atoms with Crippen molar-refractivity contribution in [1.82, 2.24) is 5.32 Å². The zero-order chi connectivity index (χ0) is 20.3. The van der Waals surface area contributed by atoms with Crippen LogP contribution in [0.3, 0.4) is 0 Å². The molecule has 1 saturated carbocycles. The van der Waals surface area contributed by atoms with Crippen molar-refractivity contribution in [2.24, 2.45) is 11.3 Å². The van der Waals surface area contributed by atoms with Crippen LogP contribution >= 0.6 is 0 Å². The Morgan fingerprint density at radius 1 is 1.11 bits per heavy atom. The van der Waals surface area contributed by atoms with E-state index in [1.165, 1.54) is 12.8 Å². The molecule has 0 bridgehead atoms. The van der Waals surface area contributed by atoms with Crippen LogP contribution in [0.2, 0.25) is 0 Å². The first-order valence-corrected chi connectivity index (χ1v) is 10.4. The Balaban J connectivity index is 1.60. The maximum absolute atomic E-state index is 10.9. The van der Waals surface area contributed by atoms with Crippen LogP contribution in [0.1, 0.15) is 58.9 Å². The maximum atomic E-state index is 10.9. The van der Waals surface area contributed by atoms with Gasteiger partial charge in [0.05, 0.1) is 6.10 Å². The summed E-state index contributed by atoms with van der Waals surface area (Å²) in [6.07, 6.45) is 5.07. The van der Waals surface area contributed by atoms with Crippen molar-refractivity contribution in [3.8, 4) is 5.75 Å². The summed E-state index contributed by atoms with van der Waals surface area (Å²) in [6.45, 7) is 9.22. The molecule has 2 aromatic carbocycles. The SMILES string of the molecule is CC(NCc1ccc2cc(OC3CCC(C(C)(C)C)CC3)ccc2c1)C(=O)O. The van der Waals surface area contributed by atoms with E-state index in [4.69, 9.17) is 9.84 Å². The molecule has 1 unspecified atom stereocenters. The lowest BCUT2D eigenvalue weighted by molar-refractivity contribution is -0.139. The Morgan fingerprint density at radius 3 is 2.39 bits per heavy atom. The van der Waals surface area contributed by atoms with Gasteiger partial charge in [0.2, 0.25) is 0 Å². The molecule has 1 aliphatic carbocycles. The van der Waals surface area contributed by atoms with Crippen molar-refractivity contribution in [3.63, 3.8) is 0 Å². The Labute approximate surface area is 168 Å². The number of carboxylic acids is 1. The van der Waals surface area contributed by atoms with Gasteiger partial charge in [-0.2, -0.15) is 0 Å². The molecule has 4 heteroatoms. The van der Waals surface area contributed by atoms with Gasteiger partial charge in [0, 0.05) is 6.54 Å². The predicted octanol–water partition coefficient (Wildman–Crippen LogP) is 5.39. The fourth-order valence-corrected chi connectivity index (χ4v) is 4.05. The number of ether oxygens (including phenoxy) is 1. The molecule has 3 rings (SSSR count). The number of aliphatic carboxylic acids is 1. The second-order valence-corrected chi connectivity index (χ2v) is 9.24. The van der Waals surface area contributed by atoms with Gasteiger partial charge in [-0.1, -0.05) is 39.0 Å². The van der Waals surface area contributed by atoms with E-state index in [1.807, 2.05) is 6.07 Å². The van der Waals surface area contributed by atoms with Gasteiger partial charge >= 0.3 is 5.97 Å². The average molecular weight is 384 g/mol. The van der Waals surface area contributed by atoms with Crippen molar-refractivity contribution in [1.29, 1.82) is 0 Å². The van der Waals surface area contributed by atoms with Gasteiger partial charge in [0.1, 0.15) is 11.8 Å². The second kappa shape index (κ2) is 8.52. The third-order valence-corrected chi connectivity index (χ3v) is 6.06. The number of nitrogens with one attached hydrogen (secondary N) is 1. The van der Waals surface area contributed by atoms with Gasteiger partial charge in [0.25, 0.3) is 0 Å². The van der Waals surface area contributed by atoms with E-state index in [9.17, 15) is 4.79 Å². The lowest BCUT2D eigenvalue weighted by Gasteiger charge is -2.37. The Morgan fingerprint density at radius 2 is 1.75 bits per heavy atom. The molecule has 0 amide bonds. The Hall–Kier alpha value is -2.07. The van der Waals surface area contributed by atoms with Crippen molar-refractivity contribution < 1.29 is 14.6 Å². The molecule has 0 heterocycles. The highest BCUT2D eigenvalue weighted by molar-refractivity contribution is 5.84. The number of carboxylic acid groups (broad SMARTS) is 1. The molecule has 1 atom stereocenters. The van der Waals surface area contributed by atoms with Crippen molar-refractivity contribution >= 4 is 16.7 Å². The molecule has 0 aromatic heterocycles. The molecule has 0 radical (unpaired) electrons. The third-order valence-electron chi connectivity index (χ3n) is 6.06. The first-order valence-electron chi connectivity index (χ1n) is 10.4. The first-order chi connectivity index (χ1) is 13.2. The fourth-order valence-electron chi connectivity index (χ4n) is 4.05. The zero-order valence-corrected chi connectivity index (χ0v) is 17.5. The minimum Gasteiger partial charge on any atom is -0.490 e. The molecular weight excluding hydrogens is 350 g/mol. The summed E-state index contributed by atoms with van der Waals surface area (Å²) in [5, 5.41) is 14.3. The summed E-state index contributed by atoms with van der Waals surface area (Å²) in [6, 6.07) is 11.9. The van der Waals surface area contributed by atoms with Crippen LogP contribution in [0.5, 0.6) is 5.75 Å². The molecule has 0 spiro atoms. The minimum atomic E-state index is -0.834. The van der Waals surface area contributed by atoms with Crippen LogP contribution in [-0.4, -0.2) is 23.2 Å². The molecule has 1 aliphatic rings. The molecule has 2 aromatic rings. The van der Waals surface area contributed by atoms with E-state index in [2.05, 4.69) is 56.4 Å². The van der Waals surface area contributed by atoms with Gasteiger partial charge in [-0.3, -0.25) is 4.79 Å². The number of fused-ring (bicyclic) bond motifs is 1. The van der Waals surface area contributed by atoms with Gasteiger partial charge < -0.3 is 15.2 Å². The fraction of sp³-hybridized carbons (Fsp3) is 0.542. The standard InChI is InChI=1S/C24H33NO3/c1-16(23(26)27)25-15-17-5-6-19-14-22(10-7-18(19)13-17)28-21-11-8-20(9-12-21)24(2,3)4/h5-7,10,13-14,16,20-21,25H,8-9,11-12,15H2,1-4H3,(H,26,27). The summed E-state index contributed by atoms with van der Waals surface area (Å²) >= 11 is 0. The van der Waals surface area contributed by atoms with Gasteiger partial charge in [-0.25, -0.2) is 0 Å². The van der Waals surface area contributed by atoms with E-state index >= 15 is 0 Å². The molecular formula is C24H33NO3. The topological polar surface area (TPSA) is 58.6 Å². The van der Waals surface area contributed by atoms with Crippen molar-refractivity contribution in [2.75, 3.05) is 0 Å². The molecule has 1 fully saturated rings. The van der Waals surface area contributed by atoms with Crippen LogP contribution in [0.25, 0.3) is 10.8 Å². The largest absolute Gasteiger partial charge is 0.490 e. The number of hydrogen-bond acceptors (Lipinski definition) is 3. The van der Waals surface area contributed by atoms with Crippen LogP contribution in [0.15, 0.2) is 36.4 Å².